The zero-order valence-corrected chi connectivity index (χ0v) is 13.0. The molecule has 0 aliphatic carbocycles. The van der Waals surface area contributed by atoms with E-state index in [1.807, 2.05) is 0 Å². The van der Waals surface area contributed by atoms with E-state index in [-0.39, 0.29) is 36.7 Å². The normalized spacial score (nSPS) is 20.6. The van der Waals surface area contributed by atoms with Crippen LogP contribution < -0.4 is 0 Å². The van der Waals surface area contributed by atoms with Crippen molar-refractivity contribution in [1.82, 2.24) is 4.90 Å². The third kappa shape index (κ3) is 2.92. The summed E-state index contributed by atoms with van der Waals surface area (Å²) in [5.74, 6) is -1.52. The standard InChI is InChI=1S/C17H17F2NO4/c1-9-4-12(8-21)24-16(9)17(23)20-7-11(22)6-15(20)13-5-10(18)2-3-14(13)19/h2-5,11,15,21-22H,6-8H2,1H3/t11-,15+/m1/s1. The van der Waals surface area contributed by atoms with Crippen LogP contribution in [0.5, 0.6) is 0 Å². The monoisotopic (exact) mass is 337 g/mol. The number of aryl methyl sites for hydroxylation is 1. The lowest BCUT2D eigenvalue weighted by Gasteiger charge is -2.24. The second-order valence-electron chi connectivity index (χ2n) is 5.91. The zero-order valence-electron chi connectivity index (χ0n) is 13.0. The number of β-amino-alcohol motifs (C(OH)–C–C–N with tert-alkyl or cyclic N) is 1. The molecule has 7 heteroatoms. The Bertz CT molecular complexity index is 774. The first-order valence-corrected chi connectivity index (χ1v) is 7.55. The highest BCUT2D eigenvalue weighted by atomic mass is 19.1. The van der Waals surface area contributed by atoms with Gasteiger partial charge >= 0.3 is 0 Å². The van der Waals surface area contributed by atoms with Gasteiger partial charge in [-0.3, -0.25) is 4.79 Å². The van der Waals surface area contributed by atoms with Crippen LogP contribution in [0.2, 0.25) is 0 Å². The first-order valence-electron chi connectivity index (χ1n) is 7.55. The minimum atomic E-state index is -0.839. The van der Waals surface area contributed by atoms with Crippen molar-refractivity contribution in [2.24, 2.45) is 0 Å². The number of furan rings is 1. The Morgan fingerprint density at radius 2 is 2.12 bits per heavy atom. The lowest BCUT2D eigenvalue weighted by molar-refractivity contribution is 0.0676. The number of amides is 1. The Balaban J connectivity index is 1.97. The maximum absolute atomic E-state index is 14.1. The van der Waals surface area contributed by atoms with Crippen molar-refractivity contribution in [2.45, 2.75) is 32.1 Å². The van der Waals surface area contributed by atoms with Crippen molar-refractivity contribution in [1.29, 1.82) is 0 Å². The number of aliphatic hydroxyl groups excluding tert-OH is 2. The Morgan fingerprint density at radius 1 is 1.38 bits per heavy atom. The van der Waals surface area contributed by atoms with Crippen molar-refractivity contribution in [3.63, 3.8) is 0 Å². The van der Waals surface area contributed by atoms with Crippen molar-refractivity contribution in [3.8, 4) is 0 Å². The number of benzene rings is 1. The molecule has 2 heterocycles. The average molecular weight is 337 g/mol. The number of hydrogen-bond donors (Lipinski definition) is 2. The van der Waals surface area contributed by atoms with Gasteiger partial charge < -0.3 is 19.5 Å². The molecular formula is C17H17F2NO4. The second kappa shape index (κ2) is 6.33. The highest BCUT2D eigenvalue weighted by Crippen LogP contribution is 2.35. The molecule has 1 fully saturated rings. The van der Waals surface area contributed by atoms with Gasteiger partial charge in [-0.2, -0.15) is 0 Å². The number of carbonyl (C=O) groups excluding carboxylic acids is 1. The molecular weight excluding hydrogens is 320 g/mol. The molecule has 1 amide bonds. The molecule has 1 saturated heterocycles. The van der Waals surface area contributed by atoms with E-state index in [0.717, 1.165) is 18.2 Å². The van der Waals surface area contributed by atoms with Crippen LogP contribution in [-0.4, -0.2) is 33.7 Å². The molecule has 0 unspecified atom stereocenters. The van der Waals surface area contributed by atoms with E-state index < -0.39 is 29.7 Å². The number of likely N-dealkylation sites (tertiary alicyclic amines) is 1. The molecule has 2 N–H and O–H groups in total. The summed E-state index contributed by atoms with van der Waals surface area (Å²) in [5.41, 5.74) is 0.551. The van der Waals surface area contributed by atoms with Crippen molar-refractivity contribution in [3.05, 3.63) is 58.5 Å². The van der Waals surface area contributed by atoms with Gasteiger partial charge in [0, 0.05) is 17.7 Å². The molecule has 2 aromatic rings. The molecule has 3 rings (SSSR count). The summed E-state index contributed by atoms with van der Waals surface area (Å²) in [4.78, 5) is 14.0. The number of carbonyl (C=O) groups is 1. The van der Waals surface area contributed by atoms with E-state index in [1.165, 1.54) is 11.0 Å². The van der Waals surface area contributed by atoms with Crippen LogP contribution in [0.3, 0.4) is 0 Å². The van der Waals surface area contributed by atoms with E-state index in [1.54, 1.807) is 6.92 Å². The summed E-state index contributed by atoms with van der Waals surface area (Å²) in [6.07, 6.45) is -0.729. The highest BCUT2D eigenvalue weighted by molar-refractivity contribution is 5.93. The van der Waals surface area contributed by atoms with Crippen LogP contribution in [-0.2, 0) is 6.61 Å². The average Bonchev–Trinajstić information content (AvgIpc) is 3.12. The van der Waals surface area contributed by atoms with Gasteiger partial charge in [-0.05, 0) is 37.6 Å². The highest BCUT2D eigenvalue weighted by Gasteiger charge is 2.38. The third-order valence-electron chi connectivity index (χ3n) is 4.18. The van der Waals surface area contributed by atoms with E-state index in [9.17, 15) is 18.7 Å². The van der Waals surface area contributed by atoms with Crippen LogP contribution in [0.1, 0.15) is 39.9 Å². The molecule has 128 valence electrons. The van der Waals surface area contributed by atoms with E-state index in [4.69, 9.17) is 9.52 Å². The SMILES string of the molecule is Cc1cc(CO)oc1C(=O)N1C[C@H](O)C[C@H]1c1cc(F)ccc1F. The number of rotatable bonds is 3. The fraction of sp³-hybridized carbons (Fsp3) is 0.353. The summed E-state index contributed by atoms with van der Waals surface area (Å²) in [5, 5.41) is 19.0. The van der Waals surface area contributed by atoms with Gasteiger partial charge in [0.2, 0.25) is 0 Å². The van der Waals surface area contributed by atoms with Crippen LogP contribution in [0.15, 0.2) is 28.7 Å². The van der Waals surface area contributed by atoms with Crippen LogP contribution in [0, 0.1) is 18.6 Å². The van der Waals surface area contributed by atoms with Gasteiger partial charge in [0.25, 0.3) is 5.91 Å². The lowest BCUT2D eigenvalue weighted by Crippen LogP contribution is -2.32. The molecule has 1 aromatic heterocycles. The number of aliphatic hydroxyl groups is 2. The predicted molar refractivity (Wildman–Crippen MR) is 80.1 cm³/mol. The smallest absolute Gasteiger partial charge is 0.290 e. The minimum Gasteiger partial charge on any atom is -0.453 e. The molecule has 24 heavy (non-hydrogen) atoms. The van der Waals surface area contributed by atoms with Gasteiger partial charge in [-0.15, -0.1) is 0 Å². The van der Waals surface area contributed by atoms with Crippen molar-refractivity contribution in [2.75, 3.05) is 6.54 Å². The molecule has 1 aliphatic heterocycles. The minimum absolute atomic E-state index is 0.00590. The zero-order chi connectivity index (χ0) is 17.4. The predicted octanol–water partition coefficient (Wildman–Crippen LogP) is 2.31. The summed E-state index contributed by atoms with van der Waals surface area (Å²) in [6.45, 7) is 1.30. The second-order valence-corrected chi connectivity index (χ2v) is 5.91. The largest absolute Gasteiger partial charge is 0.453 e. The summed E-state index contributed by atoms with van der Waals surface area (Å²) < 4.78 is 32.9. The first-order chi connectivity index (χ1) is 11.4. The van der Waals surface area contributed by atoms with Gasteiger partial charge in [0.15, 0.2) is 5.76 Å². The Hall–Kier alpha value is -2.25. The fourth-order valence-corrected chi connectivity index (χ4v) is 3.07. The number of halogens is 2. The lowest BCUT2D eigenvalue weighted by atomic mass is 10.0. The first kappa shape index (κ1) is 16.6. The van der Waals surface area contributed by atoms with Crippen molar-refractivity contribution < 1.29 is 28.2 Å². The van der Waals surface area contributed by atoms with Gasteiger partial charge in [-0.1, -0.05) is 0 Å². The molecule has 1 aromatic carbocycles. The van der Waals surface area contributed by atoms with Gasteiger partial charge in [0.05, 0.1) is 12.1 Å². The molecule has 1 aliphatic rings. The fourth-order valence-electron chi connectivity index (χ4n) is 3.07. The molecule has 5 nitrogen and oxygen atoms in total. The number of nitrogens with zero attached hydrogens (tertiary/aromatic N) is 1. The molecule has 0 bridgehead atoms. The third-order valence-corrected chi connectivity index (χ3v) is 4.18. The molecule has 0 saturated carbocycles. The number of hydrogen-bond acceptors (Lipinski definition) is 4. The topological polar surface area (TPSA) is 73.9 Å². The van der Waals surface area contributed by atoms with Crippen LogP contribution >= 0.6 is 0 Å². The molecule has 2 atom stereocenters. The molecule has 0 spiro atoms. The quantitative estimate of drug-likeness (QED) is 0.901. The Labute approximate surface area is 137 Å². The Morgan fingerprint density at radius 3 is 2.79 bits per heavy atom. The van der Waals surface area contributed by atoms with Crippen LogP contribution in [0.4, 0.5) is 8.78 Å². The Kier molecular flexibility index (Phi) is 4.38. The summed E-state index contributed by atoms with van der Waals surface area (Å²) in [6, 6.07) is 3.79. The van der Waals surface area contributed by atoms with E-state index in [2.05, 4.69) is 0 Å². The van der Waals surface area contributed by atoms with Gasteiger partial charge in [0.1, 0.15) is 24.0 Å². The molecule has 0 radical (unpaired) electrons. The van der Waals surface area contributed by atoms with Crippen molar-refractivity contribution >= 4 is 5.91 Å². The summed E-state index contributed by atoms with van der Waals surface area (Å²) in [7, 11) is 0. The van der Waals surface area contributed by atoms with Gasteiger partial charge in [-0.25, -0.2) is 8.78 Å². The van der Waals surface area contributed by atoms with Crippen LogP contribution in [0.25, 0.3) is 0 Å². The maximum Gasteiger partial charge on any atom is 0.290 e. The van der Waals surface area contributed by atoms with E-state index >= 15 is 0 Å². The maximum atomic E-state index is 14.1. The van der Waals surface area contributed by atoms with E-state index in [0.29, 0.717) is 5.56 Å². The summed E-state index contributed by atoms with van der Waals surface area (Å²) >= 11 is 0.